The Hall–Kier alpha value is -1.24. The second-order valence-electron chi connectivity index (χ2n) is 4.38. The van der Waals surface area contributed by atoms with Crippen molar-refractivity contribution in [2.24, 2.45) is 0 Å². The van der Waals surface area contributed by atoms with Crippen molar-refractivity contribution in [3.05, 3.63) is 33.9 Å². The zero-order valence-corrected chi connectivity index (χ0v) is 11.3. The van der Waals surface area contributed by atoms with Gasteiger partial charge in [0, 0.05) is 16.2 Å². The Morgan fingerprint density at radius 3 is 2.70 bits per heavy atom. The molecule has 0 radical (unpaired) electrons. The molecule has 0 amide bonds. The zero-order chi connectivity index (χ0) is 14.9. The fraction of sp³-hybridized carbons (Fsp3) is 0.385. The molecule has 1 unspecified atom stereocenters. The number of benzene rings is 1. The number of halogens is 4. The summed E-state index contributed by atoms with van der Waals surface area (Å²) < 4.78 is 48.8. The largest absolute Gasteiger partial charge is 0.476 e. The minimum atomic E-state index is -4.56. The number of hydrogen-bond donors (Lipinski definition) is 1. The van der Waals surface area contributed by atoms with Crippen LogP contribution in [0.1, 0.15) is 11.1 Å². The number of aliphatic hydroxyl groups is 1. The molecular weight excluding hydrogens is 297 g/mol. The normalized spacial score (nSPS) is 18.3. The number of aryl methyl sites for hydroxylation is 1. The van der Waals surface area contributed by atoms with Gasteiger partial charge in [-0.15, -0.1) is 0 Å². The van der Waals surface area contributed by atoms with E-state index in [1.54, 1.807) is 6.92 Å². The zero-order valence-electron chi connectivity index (χ0n) is 10.5. The van der Waals surface area contributed by atoms with Crippen molar-refractivity contribution in [3.63, 3.8) is 0 Å². The maximum atomic E-state index is 13.0. The molecule has 2 rings (SSSR count). The van der Waals surface area contributed by atoms with Crippen molar-refractivity contribution in [2.45, 2.75) is 19.2 Å². The Labute approximate surface area is 118 Å². The van der Waals surface area contributed by atoms with Gasteiger partial charge in [0.1, 0.15) is 12.5 Å². The monoisotopic (exact) mass is 308 g/mol. The minimum absolute atomic E-state index is 0.110. The topological polar surface area (TPSA) is 38.7 Å². The maximum absolute atomic E-state index is 13.0. The molecule has 0 saturated carbocycles. The first-order chi connectivity index (χ1) is 9.32. The lowest BCUT2D eigenvalue weighted by Gasteiger charge is -2.29. The Morgan fingerprint density at radius 2 is 2.10 bits per heavy atom. The molecule has 20 heavy (non-hydrogen) atoms. The van der Waals surface area contributed by atoms with Gasteiger partial charge in [0.15, 0.2) is 0 Å². The van der Waals surface area contributed by atoms with Gasteiger partial charge >= 0.3 is 6.18 Å². The molecule has 110 valence electrons. The SMILES string of the molecule is Cc1cc(Cl)cc2c1OC(C(F)(F)F)C(COCO)=C2. The van der Waals surface area contributed by atoms with Gasteiger partial charge in [-0.2, -0.15) is 13.2 Å². The van der Waals surface area contributed by atoms with Crippen molar-refractivity contribution in [2.75, 3.05) is 13.4 Å². The highest BCUT2D eigenvalue weighted by atomic mass is 35.5. The summed E-state index contributed by atoms with van der Waals surface area (Å²) in [4.78, 5) is 0. The third-order valence-corrected chi connectivity index (χ3v) is 3.06. The molecule has 1 aromatic rings. The van der Waals surface area contributed by atoms with Crippen LogP contribution in [0, 0.1) is 6.92 Å². The molecule has 0 aromatic heterocycles. The van der Waals surface area contributed by atoms with Gasteiger partial charge in [0.05, 0.1) is 6.61 Å². The lowest BCUT2D eigenvalue weighted by molar-refractivity contribution is -0.186. The van der Waals surface area contributed by atoms with E-state index >= 15 is 0 Å². The van der Waals surface area contributed by atoms with E-state index in [-0.39, 0.29) is 17.9 Å². The number of aliphatic hydroxyl groups excluding tert-OH is 1. The van der Waals surface area contributed by atoms with Gasteiger partial charge in [-0.1, -0.05) is 11.6 Å². The first-order valence-corrected chi connectivity index (χ1v) is 6.13. The van der Waals surface area contributed by atoms with Crippen LogP contribution in [0.2, 0.25) is 5.02 Å². The fourth-order valence-corrected chi connectivity index (χ4v) is 2.33. The van der Waals surface area contributed by atoms with Crippen LogP contribution < -0.4 is 4.74 Å². The van der Waals surface area contributed by atoms with Crippen molar-refractivity contribution in [1.82, 2.24) is 0 Å². The van der Waals surface area contributed by atoms with Crippen LogP contribution in [0.25, 0.3) is 6.08 Å². The predicted octanol–water partition coefficient (Wildman–Crippen LogP) is 3.32. The third kappa shape index (κ3) is 3.08. The molecule has 0 aliphatic carbocycles. The molecule has 0 spiro atoms. The highest BCUT2D eigenvalue weighted by molar-refractivity contribution is 6.30. The number of alkyl halides is 3. The fourth-order valence-electron chi connectivity index (χ4n) is 2.05. The molecule has 1 heterocycles. The minimum Gasteiger partial charge on any atom is -0.476 e. The van der Waals surface area contributed by atoms with Crippen LogP contribution in [-0.2, 0) is 4.74 Å². The average molecular weight is 309 g/mol. The third-order valence-electron chi connectivity index (χ3n) is 2.84. The van der Waals surface area contributed by atoms with Gasteiger partial charge in [-0.25, -0.2) is 0 Å². The van der Waals surface area contributed by atoms with Gasteiger partial charge < -0.3 is 14.6 Å². The van der Waals surface area contributed by atoms with Crippen molar-refractivity contribution in [1.29, 1.82) is 0 Å². The van der Waals surface area contributed by atoms with E-state index in [1.165, 1.54) is 18.2 Å². The summed E-state index contributed by atoms with van der Waals surface area (Å²) in [5.41, 5.74) is 0.882. The maximum Gasteiger partial charge on any atom is 0.429 e. The first-order valence-electron chi connectivity index (χ1n) is 5.75. The van der Waals surface area contributed by atoms with E-state index in [1.807, 2.05) is 0 Å². The molecule has 1 aliphatic rings. The quantitative estimate of drug-likeness (QED) is 0.871. The van der Waals surface area contributed by atoms with Crippen LogP contribution in [0.3, 0.4) is 0 Å². The summed E-state index contributed by atoms with van der Waals surface area (Å²) in [6.07, 6.45) is -5.30. The van der Waals surface area contributed by atoms with Crippen molar-refractivity contribution >= 4 is 17.7 Å². The molecule has 0 saturated heterocycles. The summed E-state index contributed by atoms with van der Waals surface area (Å²) in [5, 5.41) is 8.99. The first kappa shape index (κ1) is 15.2. The summed E-state index contributed by atoms with van der Waals surface area (Å²) >= 11 is 5.88. The van der Waals surface area contributed by atoms with Gasteiger partial charge in [-0.05, 0) is 30.7 Å². The average Bonchev–Trinajstić information content (AvgIpc) is 2.33. The molecule has 1 N–H and O–H groups in total. The Bertz CT molecular complexity index is 540. The summed E-state index contributed by atoms with van der Waals surface area (Å²) in [6.45, 7) is 0.593. The van der Waals surface area contributed by atoms with Crippen molar-refractivity contribution in [3.8, 4) is 5.75 Å². The number of hydrogen-bond acceptors (Lipinski definition) is 3. The summed E-state index contributed by atoms with van der Waals surface area (Å²) in [6, 6.07) is 3.06. The number of ether oxygens (including phenoxy) is 2. The Balaban J connectivity index is 2.45. The number of fused-ring (bicyclic) bond motifs is 1. The van der Waals surface area contributed by atoms with Crippen LogP contribution in [0.5, 0.6) is 5.75 Å². The second-order valence-corrected chi connectivity index (χ2v) is 4.81. The van der Waals surface area contributed by atoms with Crippen LogP contribution in [0.15, 0.2) is 17.7 Å². The highest BCUT2D eigenvalue weighted by Gasteiger charge is 2.46. The Morgan fingerprint density at radius 1 is 1.40 bits per heavy atom. The van der Waals surface area contributed by atoms with Gasteiger partial charge in [-0.3, -0.25) is 0 Å². The molecule has 3 nitrogen and oxygen atoms in total. The van der Waals surface area contributed by atoms with Gasteiger partial charge in [0.25, 0.3) is 0 Å². The van der Waals surface area contributed by atoms with E-state index in [4.69, 9.17) is 21.4 Å². The molecule has 1 aromatic carbocycles. The van der Waals surface area contributed by atoms with Crippen LogP contribution >= 0.6 is 11.6 Å². The summed E-state index contributed by atoms with van der Waals surface area (Å²) in [7, 11) is 0. The molecular formula is C13H12ClF3O3. The molecule has 0 bridgehead atoms. The standard InChI is InChI=1S/C13H12ClF3O3/c1-7-2-10(14)4-8-3-9(5-19-6-18)12(13(15,16)17)20-11(7)8/h2-4,12,18H,5-6H2,1H3. The summed E-state index contributed by atoms with van der Waals surface area (Å²) in [5.74, 6) is 0.157. The lowest BCUT2D eigenvalue weighted by atomic mass is 9.99. The smallest absolute Gasteiger partial charge is 0.429 e. The Kier molecular flexibility index (Phi) is 4.27. The van der Waals surface area contributed by atoms with E-state index < -0.39 is 19.1 Å². The number of rotatable bonds is 3. The van der Waals surface area contributed by atoms with E-state index in [2.05, 4.69) is 4.74 Å². The van der Waals surface area contributed by atoms with E-state index in [9.17, 15) is 13.2 Å². The highest BCUT2D eigenvalue weighted by Crippen LogP contribution is 2.40. The molecule has 1 atom stereocenters. The second kappa shape index (κ2) is 5.63. The lowest BCUT2D eigenvalue weighted by Crippen LogP contribution is -2.39. The van der Waals surface area contributed by atoms with Crippen LogP contribution in [0.4, 0.5) is 13.2 Å². The predicted molar refractivity (Wildman–Crippen MR) is 67.7 cm³/mol. The van der Waals surface area contributed by atoms with Gasteiger partial charge in [0.2, 0.25) is 6.10 Å². The molecule has 0 fully saturated rings. The van der Waals surface area contributed by atoms with E-state index in [0.29, 0.717) is 16.1 Å². The van der Waals surface area contributed by atoms with Crippen LogP contribution in [-0.4, -0.2) is 30.8 Å². The van der Waals surface area contributed by atoms with Crippen molar-refractivity contribution < 1.29 is 27.8 Å². The molecule has 1 aliphatic heterocycles. The molecule has 7 heteroatoms. The van der Waals surface area contributed by atoms with E-state index in [0.717, 1.165) is 0 Å².